The predicted molar refractivity (Wildman–Crippen MR) is 96.6 cm³/mol. The molecule has 3 amide bonds. The molecule has 1 unspecified atom stereocenters. The van der Waals surface area contributed by atoms with Gasteiger partial charge in [0, 0.05) is 12.1 Å². The van der Waals surface area contributed by atoms with Crippen molar-refractivity contribution in [3.63, 3.8) is 0 Å². The van der Waals surface area contributed by atoms with Gasteiger partial charge < -0.3 is 14.8 Å². The van der Waals surface area contributed by atoms with E-state index in [0.717, 1.165) is 42.5 Å². The third-order valence-electron chi connectivity index (χ3n) is 4.61. The van der Waals surface area contributed by atoms with E-state index in [0.29, 0.717) is 4.90 Å². The summed E-state index contributed by atoms with van der Waals surface area (Å²) in [4.78, 5) is 48.2. The Balaban J connectivity index is 1.72. The number of nitro benzene ring substituents is 1. The van der Waals surface area contributed by atoms with Crippen LogP contribution in [0.5, 0.6) is 5.75 Å². The van der Waals surface area contributed by atoms with E-state index >= 15 is 0 Å². The highest BCUT2D eigenvalue weighted by atomic mass is 19.2. The number of cyclic esters (lactones) is 1. The van der Waals surface area contributed by atoms with Gasteiger partial charge >= 0.3 is 18.1 Å². The lowest BCUT2D eigenvalue weighted by Gasteiger charge is -2.33. The SMILES string of the molecule is O=C1OCC2=C1C(c1ccc(F)c(F)c1)N(C(=O)Oc1ccc([N+](=O)[O-])cc1)C(=O)N2. The number of urea groups is 1. The van der Waals surface area contributed by atoms with Crippen LogP contribution in [0.1, 0.15) is 11.6 Å². The van der Waals surface area contributed by atoms with Crippen molar-refractivity contribution in [1.82, 2.24) is 10.2 Å². The van der Waals surface area contributed by atoms with Crippen LogP contribution in [0.15, 0.2) is 53.7 Å². The van der Waals surface area contributed by atoms with Gasteiger partial charge in [0.25, 0.3) is 5.69 Å². The Morgan fingerprint density at radius 3 is 2.52 bits per heavy atom. The van der Waals surface area contributed by atoms with Crippen LogP contribution in [-0.2, 0) is 9.53 Å². The number of nitrogens with zero attached hydrogens (tertiary/aromatic N) is 2. The fourth-order valence-corrected chi connectivity index (χ4v) is 3.20. The number of hydrogen-bond donors (Lipinski definition) is 1. The number of non-ortho nitro benzene ring substituents is 1. The molecule has 2 aromatic carbocycles. The van der Waals surface area contributed by atoms with Crippen LogP contribution in [0.3, 0.4) is 0 Å². The van der Waals surface area contributed by atoms with Crippen LogP contribution < -0.4 is 10.1 Å². The average molecular weight is 431 g/mol. The van der Waals surface area contributed by atoms with E-state index in [1.807, 2.05) is 0 Å². The van der Waals surface area contributed by atoms with Crippen molar-refractivity contribution in [1.29, 1.82) is 0 Å². The minimum Gasteiger partial charge on any atom is -0.456 e. The second kappa shape index (κ2) is 7.48. The minimum atomic E-state index is -1.45. The maximum absolute atomic E-state index is 13.9. The number of nitro groups is 1. The minimum absolute atomic E-state index is 0.0688. The monoisotopic (exact) mass is 431 g/mol. The molecule has 2 aromatic rings. The number of ether oxygens (including phenoxy) is 2. The molecule has 0 saturated heterocycles. The molecule has 10 nitrogen and oxygen atoms in total. The molecule has 0 saturated carbocycles. The largest absolute Gasteiger partial charge is 0.456 e. The van der Waals surface area contributed by atoms with Crippen molar-refractivity contribution in [2.45, 2.75) is 6.04 Å². The maximum atomic E-state index is 13.9. The first kappa shape index (κ1) is 19.9. The van der Waals surface area contributed by atoms with Gasteiger partial charge in [-0.2, -0.15) is 0 Å². The number of esters is 1. The molecule has 2 aliphatic heterocycles. The van der Waals surface area contributed by atoms with Crippen LogP contribution in [0.4, 0.5) is 24.1 Å². The third kappa shape index (κ3) is 3.54. The van der Waals surface area contributed by atoms with Gasteiger partial charge in [0.05, 0.1) is 16.2 Å². The topological polar surface area (TPSA) is 128 Å². The Morgan fingerprint density at radius 2 is 1.87 bits per heavy atom. The second-order valence-corrected chi connectivity index (χ2v) is 6.46. The Labute approximate surface area is 171 Å². The molecule has 0 bridgehead atoms. The summed E-state index contributed by atoms with van der Waals surface area (Å²) in [5.41, 5.74) is -0.366. The summed E-state index contributed by atoms with van der Waals surface area (Å²) >= 11 is 0. The van der Waals surface area contributed by atoms with Crippen molar-refractivity contribution >= 4 is 23.8 Å². The average Bonchev–Trinajstić information content (AvgIpc) is 3.09. The summed E-state index contributed by atoms with van der Waals surface area (Å²) in [5.74, 6) is -3.38. The van der Waals surface area contributed by atoms with Crippen molar-refractivity contribution in [2.24, 2.45) is 0 Å². The first-order valence-corrected chi connectivity index (χ1v) is 8.68. The number of halogens is 2. The second-order valence-electron chi connectivity index (χ2n) is 6.46. The maximum Gasteiger partial charge on any atom is 0.424 e. The summed E-state index contributed by atoms with van der Waals surface area (Å²) in [6, 6.07) is 4.67. The van der Waals surface area contributed by atoms with Gasteiger partial charge in [-0.15, -0.1) is 0 Å². The van der Waals surface area contributed by atoms with E-state index in [1.165, 1.54) is 0 Å². The molecule has 31 heavy (non-hydrogen) atoms. The van der Waals surface area contributed by atoms with E-state index in [1.54, 1.807) is 0 Å². The van der Waals surface area contributed by atoms with Gasteiger partial charge in [0.1, 0.15) is 18.4 Å². The molecule has 0 aliphatic carbocycles. The standard InChI is InChI=1S/C19H11F2N3O7/c20-12-6-1-9(7-13(12)21)16-15-14(8-30-17(15)25)22-18(26)23(16)19(27)31-11-4-2-10(3-5-11)24(28)29/h1-7,16H,8H2,(H,22,26). The Bertz CT molecular complexity index is 1160. The lowest BCUT2D eigenvalue weighted by molar-refractivity contribution is -0.384. The number of rotatable bonds is 3. The molecule has 12 heteroatoms. The Kier molecular flexibility index (Phi) is 4.81. The molecule has 0 aromatic heterocycles. The van der Waals surface area contributed by atoms with E-state index in [2.05, 4.69) is 5.32 Å². The number of carbonyl (C=O) groups is 3. The zero-order chi connectivity index (χ0) is 22.3. The van der Waals surface area contributed by atoms with Gasteiger partial charge in [0.15, 0.2) is 11.6 Å². The van der Waals surface area contributed by atoms with Crippen molar-refractivity contribution in [3.8, 4) is 5.75 Å². The van der Waals surface area contributed by atoms with Crippen LogP contribution in [-0.4, -0.2) is 34.5 Å². The molecule has 4 rings (SSSR count). The van der Waals surface area contributed by atoms with Gasteiger partial charge in [-0.1, -0.05) is 6.07 Å². The molecule has 0 fully saturated rings. The summed E-state index contributed by atoms with van der Waals surface area (Å²) < 4.78 is 37.3. The van der Waals surface area contributed by atoms with Gasteiger partial charge in [0.2, 0.25) is 0 Å². The molecule has 2 aliphatic rings. The van der Waals surface area contributed by atoms with Crippen LogP contribution in [0.2, 0.25) is 0 Å². The van der Waals surface area contributed by atoms with Crippen LogP contribution in [0.25, 0.3) is 0 Å². The summed E-state index contributed by atoms with van der Waals surface area (Å²) in [6.07, 6.45) is -1.26. The van der Waals surface area contributed by atoms with Crippen LogP contribution >= 0.6 is 0 Å². The highest BCUT2D eigenvalue weighted by molar-refractivity contribution is 6.02. The van der Waals surface area contributed by atoms with Crippen LogP contribution in [0, 0.1) is 21.7 Å². The summed E-state index contributed by atoms with van der Waals surface area (Å²) in [5, 5.41) is 13.1. The van der Waals surface area contributed by atoms with Gasteiger partial charge in [-0.05, 0) is 29.8 Å². The normalized spacial score (nSPS) is 17.7. The molecule has 2 heterocycles. The molecular weight excluding hydrogens is 420 g/mol. The van der Waals surface area contributed by atoms with Gasteiger partial charge in [-0.25, -0.2) is 28.1 Å². The molecule has 1 N–H and O–H groups in total. The van der Waals surface area contributed by atoms with E-state index in [-0.39, 0.29) is 34.9 Å². The quantitative estimate of drug-likeness (QED) is 0.450. The number of carbonyl (C=O) groups excluding carboxylic acids is 3. The molecule has 0 spiro atoms. The van der Waals surface area contributed by atoms with Crippen molar-refractivity contribution in [3.05, 3.63) is 81.0 Å². The van der Waals surface area contributed by atoms with Crippen molar-refractivity contribution < 1.29 is 37.6 Å². The van der Waals surface area contributed by atoms with Gasteiger partial charge in [-0.3, -0.25) is 10.1 Å². The number of imide groups is 1. The lowest BCUT2D eigenvalue weighted by Crippen LogP contribution is -2.51. The van der Waals surface area contributed by atoms with E-state index in [9.17, 15) is 33.3 Å². The zero-order valence-corrected chi connectivity index (χ0v) is 15.3. The number of amides is 3. The molecular formula is C19H11F2N3O7. The molecule has 0 radical (unpaired) electrons. The fourth-order valence-electron chi connectivity index (χ4n) is 3.20. The highest BCUT2D eigenvalue weighted by Crippen LogP contribution is 2.38. The first-order chi connectivity index (χ1) is 14.8. The fraction of sp³-hybridized carbons (Fsp3) is 0.105. The number of benzene rings is 2. The molecule has 158 valence electrons. The zero-order valence-electron chi connectivity index (χ0n) is 15.3. The number of hydrogen-bond acceptors (Lipinski definition) is 7. The van der Waals surface area contributed by atoms with Crippen molar-refractivity contribution in [2.75, 3.05) is 6.61 Å². The highest BCUT2D eigenvalue weighted by Gasteiger charge is 2.46. The predicted octanol–water partition coefficient (Wildman–Crippen LogP) is 2.95. The lowest BCUT2D eigenvalue weighted by atomic mass is 9.94. The Morgan fingerprint density at radius 1 is 1.16 bits per heavy atom. The molecule has 1 atom stereocenters. The summed E-state index contributed by atoms with van der Waals surface area (Å²) in [7, 11) is 0. The number of nitrogens with one attached hydrogen (secondary N) is 1. The summed E-state index contributed by atoms with van der Waals surface area (Å²) in [6.45, 7) is -0.259. The Hall–Kier alpha value is -4.35. The van der Waals surface area contributed by atoms with E-state index < -0.39 is 40.7 Å². The van der Waals surface area contributed by atoms with E-state index in [4.69, 9.17) is 9.47 Å². The first-order valence-electron chi connectivity index (χ1n) is 8.68. The third-order valence-corrected chi connectivity index (χ3v) is 4.61. The smallest absolute Gasteiger partial charge is 0.424 e.